The first-order chi connectivity index (χ1) is 12.1. The van der Waals surface area contributed by atoms with Crippen LogP contribution in [0.25, 0.3) is 16.8 Å². The molecule has 2 unspecified atom stereocenters. The molecule has 128 valence electrons. The number of hydrogen-bond donors (Lipinski definition) is 2. The molecule has 2 atom stereocenters. The first-order valence-corrected chi connectivity index (χ1v) is 8.00. The summed E-state index contributed by atoms with van der Waals surface area (Å²) in [6, 6.07) is 5.40. The highest BCUT2D eigenvalue weighted by atomic mass is 16.4. The minimum Gasteiger partial charge on any atom is -0.506 e. The zero-order valence-electron chi connectivity index (χ0n) is 13.1. The van der Waals surface area contributed by atoms with E-state index < -0.39 is 6.09 Å². The van der Waals surface area contributed by atoms with Crippen LogP contribution < -0.4 is 4.90 Å². The van der Waals surface area contributed by atoms with Crippen molar-refractivity contribution in [3.05, 3.63) is 30.6 Å². The van der Waals surface area contributed by atoms with Crippen molar-refractivity contribution in [2.24, 2.45) is 0 Å². The van der Waals surface area contributed by atoms with Gasteiger partial charge in [0.05, 0.1) is 12.1 Å². The van der Waals surface area contributed by atoms with E-state index in [-0.39, 0.29) is 17.8 Å². The van der Waals surface area contributed by atoms with Gasteiger partial charge in [-0.25, -0.2) is 9.48 Å². The van der Waals surface area contributed by atoms with Gasteiger partial charge in [0.1, 0.15) is 11.4 Å². The molecule has 1 aromatic carbocycles. The van der Waals surface area contributed by atoms with Crippen molar-refractivity contribution in [3.8, 4) is 11.4 Å². The van der Waals surface area contributed by atoms with Crippen LogP contribution in [-0.4, -0.2) is 61.1 Å². The number of hydrogen-bond acceptors (Lipinski definition) is 6. The Labute approximate surface area is 141 Å². The molecule has 9 nitrogen and oxygen atoms in total. The van der Waals surface area contributed by atoms with E-state index in [9.17, 15) is 15.0 Å². The zero-order valence-corrected chi connectivity index (χ0v) is 13.1. The SMILES string of the molecule is O=C(O)N1C2CC1CN(c1nc3c(O)ccc(-n4cccn4)c3o1)C2. The summed E-state index contributed by atoms with van der Waals surface area (Å²) in [5.41, 5.74) is 1.51. The Kier molecular flexibility index (Phi) is 2.76. The van der Waals surface area contributed by atoms with Gasteiger partial charge in [-0.1, -0.05) is 0 Å². The van der Waals surface area contributed by atoms with Gasteiger partial charge in [-0.15, -0.1) is 0 Å². The monoisotopic (exact) mass is 341 g/mol. The molecule has 25 heavy (non-hydrogen) atoms. The van der Waals surface area contributed by atoms with Crippen molar-refractivity contribution in [2.75, 3.05) is 18.0 Å². The molecule has 3 aromatic rings. The first-order valence-electron chi connectivity index (χ1n) is 8.00. The summed E-state index contributed by atoms with van der Waals surface area (Å²) in [5, 5.41) is 23.5. The Morgan fingerprint density at radius 2 is 2.08 bits per heavy atom. The molecule has 0 radical (unpaired) electrons. The van der Waals surface area contributed by atoms with E-state index >= 15 is 0 Å². The fourth-order valence-corrected chi connectivity index (χ4v) is 3.77. The number of oxazole rings is 1. The Balaban J connectivity index is 1.53. The summed E-state index contributed by atoms with van der Waals surface area (Å²) in [5.74, 6) is 0.0373. The zero-order chi connectivity index (χ0) is 17.1. The van der Waals surface area contributed by atoms with Crippen molar-refractivity contribution in [1.82, 2.24) is 19.7 Å². The number of phenols is 1. The van der Waals surface area contributed by atoms with Crippen LogP contribution in [0.5, 0.6) is 5.75 Å². The van der Waals surface area contributed by atoms with E-state index in [0.717, 1.165) is 6.42 Å². The number of rotatable bonds is 2. The number of benzene rings is 1. The average molecular weight is 341 g/mol. The molecule has 2 bridgehead atoms. The second-order valence-corrected chi connectivity index (χ2v) is 6.37. The number of carbonyl (C=O) groups is 1. The fourth-order valence-electron chi connectivity index (χ4n) is 3.77. The molecule has 6 rings (SSSR count). The maximum absolute atomic E-state index is 11.2. The van der Waals surface area contributed by atoms with Crippen LogP contribution in [0.3, 0.4) is 0 Å². The number of amides is 1. The van der Waals surface area contributed by atoms with Crippen molar-refractivity contribution >= 4 is 23.2 Å². The fraction of sp³-hybridized carbons (Fsp3) is 0.312. The van der Waals surface area contributed by atoms with Gasteiger partial charge in [-0.3, -0.25) is 4.90 Å². The van der Waals surface area contributed by atoms with Crippen molar-refractivity contribution in [2.45, 2.75) is 18.5 Å². The van der Waals surface area contributed by atoms with Gasteiger partial charge >= 0.3 is 6.09 Å². The lowest BCUT2D eigenvalue weighted by Gasteiger charge is -2.54. The Hall–Kier alpha value is -3.23. The van der Waals surface area contributed by atoms with Gasteiger partial charge in [0, 0.05) is 25.5 Å². The molecule has 5 heterocycles. The van der Waals surface area contributed by atoms with Gasteiger partial charge in [0.25, 0.3) is 6.01 Å². The second-order valence-electron chi connectivity index (χ2n) is 6.37. The predicted molar refractivity (Wildman–Crippen MR) is 87.1 cm³/mol. The maximum atomic E-state index is 11.2. The molecule has 3 aliphatic heterocycles. The number of fused-ring (bicyclic) bond motifs is 3. The van der Waals surface area contributed by atoms with Gasteiger partial charge in [-0.05, 0) is 24.6 Å². The standard InChI is InChI=1S/C16H15N5O4/c22-12-3-2-11(20-5-1-4-17-20)14-13(12)18-15(25-14)19-7-9-6-10(8-19)21(9)16(23)24/h1-5,9-10,22H,6-8H2,(H,23,24). The van der Waals surface area contributed by atoms with Crippen LogP contribution >= 0.6 is 0 Å². The minimum atomic E-state index is -0.878. The van der Waals surface area contributed by atoms with E-state index in [1.165, 1.54) is 4.90 Å². The molecular weight excluding hydrogens is 326 g/mol. The number of aromatic nitrogens is 3. The highest BCUT2D eigenvalue weighted by molar-refractivity contribution is 5.88. The molecule has 0 aliphatic carbocycles. The topological polar surface area (TPSA) is 108 Å². The Morgan fingerprint density at radius 3 is 2.76 bits per heavy atom. The Morgan fingerprint density at radius 1 is 1.28 bits per heavy atom. The Bertz CT molecular complexity index is 954. The number of piperazine rings is 1. The predicted octanol–water partition coefficient (Wildman–Crippen LogP) is 1.66. The normalized spacial score (nSPS) is 22.2. The second kappa shape index (κ2) is 4.88. The van der Waals surface area contributed by atoms with E-state index in [2.05, 4.69) is 10.1 Å². The third-order valence-corrected chi connectivity index (χ3v) is 4.93. The van der Waals surface area contributed by atoms with E-state index in [1.807, 2.05) is 4.90 Å². The molecule has 2 aromatic heterocycles. The number of phenolic OH excluding ortho intramolecular Hbond substituents is 1. The van der Waals surface area contributed by atoms with Crippen molar-refractivity contribution < 1.29 is 19.4 Å². The summed E-state index contributed by atoms with van der Waals surface area (Å²) >= 11 is 0. The number of piperidine rings is 1. The summed E-state index contributed by atoms with van der Waals surface area (Å²) in [6.07, 6.45) is 3.44. The van der Waals surface area contributed by atoms with E-state index in [1.54, 1.807) is 35.3 Å². The largest absolute Gasteiger partial charge is 0.506 e. The number of aromatic hydroxyl groups is 1. The third kappa shape index (κ3) is 1.98. The van der Waals surface area contributed by atoms with Crippen LogP contribution in [0.15, 0.2) is 35.0 Å². The van der Waals surface area contributed by atoms with Gasteiger partial charge < -0.3 is 19.5 Å². The van der Waals surface area contributed by atoms with Crippen LogP contribution in [-0.2, 0) is 0 Å². The maximum Gasteiger partial charge on any atom is 0.407 e. The lowest BCUT2D eigenvalue weighted by molar-refractivity contribution is 0.0101. The molecule has 0 spiro atoms. The van der Waals surface area contributed by atoms with Crippen LogP contribution in [0, 0.1) is 0 Å². The van der Waals surface area contributed by atoms with Crippen molar-refractivity contribution in [3.63, 3.8) is 0 Å². The molecule has 2 N–H and O–H groups in total. The smallest absolute Gasteiger partial charge is 0.407 e. The number of carboxylic acid groups (broad SMARTS) is 1. The lowest BCUT2D eigenvalue weighted by Crippen LogP contribution is -2.70. The van der Waals surface area contributed by atoms with Crippen LogP contribution in [0.4, 0.5) is 10.8 Å². The highest BCUT2D eigenvalue weighted by Gasteiger charge is 2.48. The summed E-state index contributed by atoms with van der Waals surface area (Å²) in [7, 11) is 0. The van der Waals surface area contributed by atoms with Gasteiger partial charge in [0.15, 0.2) is 11.1 Å². The van der Waals surface area contributed by atoms with Crippen molar-refractivity contribution in [1.29, 1.82) is 0 Å². The molecule has 3 aliphatic rings. The molecule has 3 fully saturated rings. The lowest BCUT2D eigenvalue weighted by atomic mass is 9.88. The molecule has 0 saturated carbocycles. The average Bonchev–Trinajstić information content (AvgIpc) is 3.25. The van der Waals surface area contributed by atoms with Gasteiger partial charge in [0.2, 0.25) is 0 Å². The van der Waals surface area contributed by atoms with E-state index in [4.69, 9.17) is 4.42 Å². The third-order valence-electron chi connectivity index (χ3n) is 4.93. The summed E-state index contributed by atoms with van der Waals surface area (Å²) < 4.78 is 7.59. The number of nitrogens with zero attached hydrogens (tertiary/aromatic N) is 5. The highest BCUT2D eigenvalue weighted by Crippen LogP contribution is 2.37. The van der Waals surface area contributed by atoms with Crippen LogP contribution in [0.2, 0.25) is 0 Å². The molecule has 1 amide bonds. The summed E-state index contributed by atoms with van der Waals surface area (Å²) in [6.45, 7) is 1.07. The quantitative estimate of drug-likeness (QED) is 0.730. The minimum absolute atomic E-state index is 0.0366. The molecule has 9 heteroatoms. The summed E-state index contributed by atoms with van der Waals surface area (Å²) in [4.78, 5) is 19.1. The molecule has 3 saturated heterocycles. The first kappa shape index (κ1) is 14.1. The van der Waals surface area contributed by atoms with Gasteiger partial charge in [-0.2, -0.15) is 10.1 Å². The number of anilines is 1. The molecular formula is C16H15N5O4. The van der Waals surface area contributed by atoms with E-state index in [0.29, 0.717) is 35.9 Å². The van der Waals surface area contributed by atoms with Crippen LogP contribution in [0.1, 0.15) is 6.42 Å².